The van der Waals surface area contributed by atoms with Crippen molar-refractivity contribution in [2.45, 2.75) is 6.54 Å². The number of nitro benzene ring substituents is 1. The highest BCUT2D eigenvalue weighted by atomic mass is 16.6. The minimum Gasteiger partial charge on any atom is -0.492 e. The molecule has 2 aromatic carbocycles. The smallest absolute Gasteiger partial charge is 0.269 e. The molecule has 0 amide bonds. The first-order valence-electron chi connectivity index (χ1n) is 6.75. The van der Waals surface area contributed by atoms with E-state index in [4.69, 9.17) is 4.74 Å². The third kappa shape index (κ3) is 4.89. The van der Waals surface area contributed by atoms with Gasteiger partial charge in [0.15, 0.2) is 0 Å². The molecule has 0 saturated heterocycles. The summed E-state index contributed by atoms with van der Waals surface area (Å²) in [6, 6.07) is 16.4. The van der Waals surface area contributed by atoms with Gasteiger partial charge in [-0.15, -0.1) is 0 Å². The first-order chi connectivity index (χ1) is 10.1. The zero-order valence-corrected chi connectivity index (χ0v) is 11.9. The van der Waals surface area contributed by atoms with Crippen LogP contribution < -0.4 is 4.74 Å². The van der Waals surface area contributed by atoms with Gasteiger partial charge < -0.3 is 4.74 Å². The van der Waals surface area contributed by atoms with Gasteiger partial charge in [-0.3, -0.25) is 15.0 Å². The fourth-order valence-electron chi connectivity index (χ4n) is 1.96. The Morgan fingerprint density at radius 1 is 1.10 bits per heavy atom. The average Bonchev–Trinajstić information content (AvgIpc) is 2.49. The summed E-state index contributed by atoms with van der Waals surface area (Å²) in [6.45, 7) is 2.19. The standard InChI is InChI=1S/C16H18N2O3/c1-17(13-14-5-3-2-4-6-14)11-12-21-16-9-7-15(8-10-16)18(19)20/h2-10H,11-13H2,1H3. The molecule has 0 saturated carbocycles. The number of nitrogens with zero attached hydrogens (tertiary/aromatic N) is 2. The van der Waals surface area contributed by atoms with Crippen LogP contribution in [0, 0.1) is 10.1 Å². The van der Waals surface area contributed by atoms with Crippen LogP contribution in [0.3, 0.4) is 0 Å². The van der Waals surface area contributed by atoms with Gasteiger partial charge in [0.2, 0.25) is 0 Å². The molecule has 0 aromatic heterocycles. The first-order valence-corrected chi connectivity index (χ1v) is 6.75. The lowest BCUT2D eigenvalue weighted by molar-refractivity contribution is -0.384. The Morgan fingerprint density at radius 3 is 2.38 bits per heavy atom. The Morgan fingerprint density at radius 2 is 1.76 bits per heavy atom. The van der Waals surface area contributed by atoms with Crippen molar-refractivity contribution >= 4 is 5.69 Å². The summed E-state index contributed by atoms with van der Waals surface area (Å²) in [5, 5.41) is 10.5. The molecule has 0 heterocycles. The normalized spacial score (nSPS) is 10.6. The maximum absolute atomic E-state index is 10.5. The Labute approximate surface area is 123 Å². The fraction of sp³-hybridized carbons (Fsp3) is 0.250. The van der Waals surface area contributed by atoms with Crippen LogP contribution >= 0.6 is 0 Å². The van der Waals surface area contributed by atoms with Crippen molar-refractivity contribution in [2.75, 3.05) is 20.2 Å². The van der Waals surface area contributed by atoms with Gasteiger partial charge in [0.1, 0.15) is 12.4 Å². The predicted octanol–water partition coefficient (Wildman–Crippen LogP) is 3.11. The van der Waals surface area contributed by atoms with Crippen LogP contribution in [-0.2, 0) is 6.54 Å². The number of hydrogen-bond acceptors (Lipinski definition) is 4. The molecule has 0 aliphatic carbocycles. The quantitative estimate of drug-likeness (QED) is 0.579. The molecule has 0 N–H and O–H groups in total. The third-order valence-corrected chi connectivity index (χ3v) is 3.08. The highest BCUT2D eigenvalue weighted by molar-refractivity contribution is 5.35. The van der Waals surface area contributed by atoms with E-state index < -0.39 is 4.92 Å². The number of rotatable bonds is 7. The third-order valence-electron chi connectivity index (χ3n) is 3.08. The van der Waals surface area contributed by atoms with Gasteiger partial charge in [0, 0.05) is 25.2 Å². The van der Waals surface area contributed by atoms with Crippen LogP contribution in [0.15, 0.2) is 54.6 Å². The Kier molecular flexibility index (Phi) is 5.29. The van der Waals surface area contributed by atoms with Crippen LogP contribution in [0.4, 0.5) is 5.69 Å². The molecule has 2 rings (SSSR count). The highest BCUT2D eigenvalue weighted by Crippen LogP contribution is 2.17. The van der Waals surface area contributed by atoms with Crippen LogP contribution in [0.5, 0.6) is 5.75 Å². The molecular formula is C16H18N2O3. The Bertz CT molecular complexity index is 570. The maximum atomic E-state index is 10.5. The lowest BCUT2D eigenvalue weighted by atomic mass is 10.2. The second kappa shape index (κ2) is 7.40. The molecule has 0 fully saturated rings. The molecule has 0 atom stereocenters. The van der Waals surface area contributed by atoms with E-state index in [1.165, 1.54) is 17.7 Å². The summed E-state index contributed by atoms with van der Waals surface area (Å²) in [6.07, 6.45) is 0. The summed E-state index contributed by atoms with van der Waals surface area (Å²) >= 11 is 0. The van der Waals surface area contributed by atoms with E-state index in [-0.39, 0.29) is 5.69 Å². The average molecular weight is 286 g/mol. The lowest BCUT2D eigenvalue weighted by Crippen LogP contribution is -2.23. The minimum atomic E-state index is -0.419. The fourth-order valence-corrected chi connectivity index (χ4v) is 1.96. The molecule has 2 aromatic rings. The van der Waals surface area contributed by atoms with Crippen molar-refractivity contribution in [3.05, 3.63) is 70.3 Å². The van der Waals surface area contributed by atoms with Crippen LogP contribution in [0.1, 0.15) is 5.56 Å². The van der Waals surface area contributed by atoms with Gasteiger partial charge in [-0.2, -0.15) is 0 Å². The molecule has 0 bridgehead atoms. The van der Waals surface area contributed by atoms with E-state index in [2.05, 4.69) is 17.0 Å². The summed E-state index contributed by atoms with van der Waals surface area (Å²) < 4.78 is 5.58. The van der Waals surface area contributed by atoms with Crippen molar-refractivity contribution in [3.8, 4) is 5.75 Å². The van der Waals surface area contributed by atoms with E-state index in [1.54, 1.807) is 12.1 Å². The predicted molar refractivity (Wildman–Crippen MR) is 81.4 cm³/mol. The maximum Gasteiger partial charge on any atom is 0.269 e. The second-order valence-electron chi connectivity index (χ2n) is 4.82. The Balaban J connectivity index is 1.74. The number of likely N-dealkylation sites (N-methyl/N-ethyl adjacent to an activating group) is 1. The molecule has 5 heteroatoms. The largest absolute Gasteiger partial charge is 0.492 e. The summed E-state index contributed by atoms with van der Waals surface area (Å²) in [7, 11) is 2.03. The van der Waals surface area contributed by atoms with Crippen molar-refractivity contribution in [1.82, 2.24) is 4.90 Å². The molecule has 0 aliphatic rings. The van der Waals surface area contributed by atoms with E-state index >= 15 is 0 Å². The molecule has 0 spiro atoms. The van der Waals surface area contributed by atoms with E-state index in [0.717, 1.165) is 13.1 Å². The van der Waals surface area contributed by atoms with Gasteiger partial charge in [0.25, 0.3) is 5.69 Å². The van der Waals surface area contributed by atoms with E-state index in [9.17, 15) is 10.1 Å². The zero-order valence-electron chi connectivity index (χ0n) is 11.9. The molecular weight excluding hydrogens is 268 g/mol. The number of nitro groups is 1. The number of non-ortho nitro benzene ring substituents is 1. The second-order valence-corrected chi connectivity index (χ2v) is 4.82. The van der Waals surface area contributed by atoms with Gasteiger partial charge in [-0.25, -0.2) is 0 Å². The molecule has 21 heavy (non-hydrogen) atoms. The monoisotopic (exact) mass is 286 g/mol. The van der Waals surface area contributed by atoms with Crippen LogP contribution in [0.2, 0.25) is 0 Å². The molecule has 0 unspecified atom stereocenters. The molecule has 0 aliphatic heterocycles. The first kappa shape index (κ1) is 15.0. The SMILES string of the molecule is CN(CCOc1ccc([N+](=O)[O-])cc1)Cc1ccccc1. The van der Waals surface area contributed by atoms with Gasteiger partial charge >= 0.3 is 0 Å². The highest BCUT2D eigenvalue weighted by Gasteiger charge is 2.05. The van der Waals surface area contributed by atoms with Gasteiger partial charge in [-0.1, -0.05) is 30.3 Å². The minimum absolute atomic E-state index is 0.0727. The zero-order chi connectivity index (χ0) is 15.1. The van der Waals surface area contributed by atoms with Gasteiger partial charge in [-0.05, 0) is 24.7 Å². The number of hydrogen-bond donors (Lipinski definition) is 0. The van der Waals surface area contributed by atoms with Crippen LogP contribution in [0.25, 0.3) is 0 Å². The summed E-state index contributed by atoms with van der Waals surface area (Å²) in [5.74, 6) is 0.647. The number of ether oxygens (including phenoxy) is 1. The van der Waals surface area contributed by atoms with Crippen molar-refractivity contribution in [1.29, 1.82) is 0 Å². The van der Waals surface area contributed by atoms with Crippen molar-refractivity contribution < 1.29 is 9.66 Å². The van der Waals surface area contributed by atoms with E-state index in [0.29, 0.717) is 12.4 Å². The summed E-state index contributed by atoms with van der Waals surface area (Å²) in [5.41, 5.74) is 1.33. The number of benzene rings is 2. The van der Waals surface area contributed by atoms with Crippen molar-refractivity contribution in [2.24, 2.45) is 0 Å². The van der Waals surface area contributed by atoms with Crippen molar-refractivity contribution in [3.63, 3.8) is 0 Å². The Hall–Kier alpha value is -2.40. The van der Waals surface area contributed by atoms with Crippen LogP contribution in [-0.4, -0.2) is 30.0 Å². The molecule has 5 nitrogen and oxygen atoms in total. The lowest BCUT2D eigenvalue weighted by Gasteiger charge is -2.17. The summed E-state index contributed by atoms with van der Waals surface area (Å²) in [4.78, 5) is 12.3. The van der Waals surface area contributed by atoms with E-state index in [1.807, 2.05) is 25.2 Å². The topological polar surface area (TPSA) is 55.6 Å². The molecule has 0 radical (unpaired) electrons. The van der Waals surface area contributed by atoms with Gasteiger partial charge in [0.05, 0.1) is 4.92 Å². The molecule has 110 valence electrons.